The molecule has 0 aromatic heterocycles. The highest BCUT2D eigenvalue weighted by Crippen LogP contribution is 2.16. The van der Waals surface area contributed by atoms with Crippen LogP contribution in [0.25, 0.3) is 0 Å². The zero-order valence-corrected chi connectivity index (χ0v) is 9.83. The lowest BCUT2D eigenvalue weighted by atomic mass is 10.0. The van der Waals surface area contributed by atoms with E-state index >= 15 is 0 Å². The van der Waals surface area contributed by atoms with Gasteiger partial charge in [0.1, 0.15) is 0 Å². The molecule has 0 aromatic carbocycles. The average Bonchev–Trinajstić information content (AvgIpc) is 2.25. The minimum absolute atomic E-state index is 0.0512. The SMILES string of the molecule is CCC(CCN)N1CCNC(=O)C1CC. The van der Waals surface area contributed by atoms with E-state index in [9.17, 15) is 4.79 Å². The van der Waals surface area contributed by atoms with Gasteiger partial charge in [-0.15, -0.1) is 0 Å². The fraction of sp³-hybridized carbons (Fsp3) is 0.909. The Kier molecular flexibility index (Phi) is 5.05. The number of nitrogens with zero attached hydrogens (tertiary/aromatic N) is 1. The van der Waals surface area contributed by atoms with Crippen molar-refractivity contribution >= 4 is 5.91 Å². The van der Waals surface area contributed by atoms with Gasteiger partial charge in [-0.05, 0) is 25.8 Å². The van der Waals surface area contributed by atoms with Gasteiger partial charge >= 0.3 is 0 Å². The minimum Gasteiger partial charge on any atom is -0.353 e. The summed E-state index contributed by atoms with van der Waals surface area (Å²) in [7, 11) is 0. The molecule has 1 aliphatic heterocycles. The van der Waals surface area contributed by atoms with Crippen LogP contribution in [0.1, 0.15) is 33.1 Å². The van der Waals surface area contributed by atoms with Gasteiger partial charge in [-0.3, -0.25) is 9.69 Å². The quantitative estimate of drug-likeness (QED) is 0.691. The van der Waals surface area contributed by atoms with Crippen LogP contribution in [0.2, 0.25) is 0 Å². The zero-order chi connectivity index (χ0) is 11.3. The number of piperazine rings is 1. The Labute approximate surface area is 92.2 Å². The van der Waals surface area contributed by atoms with Crippen LogP contribution in [0.15, 0.2) is 0 Å². The maximum absolute atomic E-state index is 11.7. The third kappa shape index (κ3) is 2.92. The molecule has 0 aliphatic carbocycles. The number of rotatable bonds is 5. The molecule has 1 rings (SSSR count). The Hall–Kier alpha value is -0.610. The lowest BCUT2D eigenvalue weighted by Crippen LogP contribution is -2.58. The van der Waals surface area contributed by atoms with Gasteiger partial charge in [0, 0.05) is 19.1 Å². The van der Waals surface area contributed by atoms with Gasteiger partial charge in [-0.1, -0.05) is 13.8 Å². The lowest BCUT2D eigenvalue weighted by Gasteiger charge is -2.39. The molecule has 88 valence electrons. The Balaban J connectivity index is 2.66. The molecule has 1 saturated heterocycles. The molecule has 3 N–H and O–H groups in total. The highest BCUT2D eigenvalue weighted by atomic mass is 16.2. The average molecular weight is 213 g/mol. The van der Waals surface area contributed by atoms with Gasteiger partial charge in [0.05, 0.1) is 6.04 Å². The molecule has 4 nitrogen and oxygen atoms in total. The van der Waals surface area contributed by atoms with Crippen molar-refractivity contribution in [1.82, 2.24) is 10.2 Å². The number of nitrogens with two attached hydrogens (primary N) is 1. The Bertz CT molecular complexity index is 208. The van der Waals surface area contributed by atoms with Crippen LogP contribution < -0.4 is 11.1 Å². The fourth-order valence-electron chi connectivity index (χ4n) is 2.39. The third-order valence-corrected chi connectivity index (χ3v) is 3.20. The summed E-state index contributed by atoms with van der Waals surface area (Å²) >= 11 is 0. The van der Waals surface area contributed by atoms with Gasteiger partial charge in [-0.2, -0.15) is 0 Å². The van der Waals surface area contributed by atoms with Gasteiger partial charge < -0.3 is 11.1 Å². The molecule has 15 heavy (non-hydrogen) atoms. The first-order valence-corrected chi connectivity index (χ1v) is 5.98. The molecule has 0 aromatic rings. The van der Waals surface area contributed by atoms with Crippen molar-refractivity contribution in [3.05, 3.63) is 0 Å². The normalized spacial score (nSPS) is 25.0. The van der Waals surface area contributed by atoms with Crippen molar-refractivity contribution in [3.8, 4) is 0 Å². The van der Waals surface area contributed by atoms with E-state index in [0.717, 1.165) is 32.4 Å². The van der Waals surface area contributed by atoms with E-state index < -0.39 is 0 Å². The smallest absolute Gasteiger partial charge is 0.237 e. The molecule has 0 spiro atoms. The molecule has 4 heteroatoms. The number of carbonyl (C=O) groups is 1. The Morgan fingerprint density at radius 2 is 2.33 bits per heavy atom. The minimum atomic E-state index is 0.0512. The van der Waals surface area contributed by atoms with Crippen LogP contribution in [0, 0.1) is 0 Å². The number of nitrogens with one attached hydrogen (secondary N) is 1. The lowest BCUT2D eigenvalue weighted by molar-refractivity contribution is -0.130. The second kappa shape index (κ2) is 6.08. The maximum atomic E-state index is 11.7. The molecule has 1 amide bonds. The topological polar surface area (TPSA) is 58.4 Å². The number of hydrogen-bond donors (Lipinski definition) is 2. The predicted molar refractivity (Wildman–Crippen MR) is 61.5 cm³/mol. The Morgan fingerprint density at radius 1 is 1.60 bits per heavy atom. The van der Waals surface area contributed by atoms with E-state index in [2.05, 4.69) is 24.1 Å². The van der Waals surface area contributed by atoms with Crippen LogP contribution in [0.5, 0.6) is 0 Å². The summed E-state index contributed by atoms with van der Waals surface area (Å²) in [5.41, 5.74) is 5.61. The molecule has 0 radical (unpaired) electrons. The summed E-state index contributed by atoms with van der Waals surface area (Å²) in [6.45, 7) is 6.67. The van der Waals surface area contributed by atoms with Crippen molar-refractivity contribution in [3.63, 3.8) is 0 Å². The first-order valence-electron chi connectivity index (χ1n) is 5.98. The summed E-state index contributed by atoms with van der Waals surface area (Å²) in [4.78, 5) is 14.0. The van der Waals surface area contributed by atoms with Crippen LogP contribution in [-0.2, 0) is 4.79 Å². The number of hydrogen-bond acceptors (Lipinski definition) is 3. The summed E-state index contributed by atoms with van der Waals surface area (Å²) in [5, 5.41) is 2.92. The first-order chi connectivity index (χ1) is 7.24. The summed E-state index contributed by atoms with van der Waals surface area (Å²) in [6.07, 6.45) is 2.94. The molecule has 1 aliphatic rings. The van der Waals surface area contributed by atoms with E-state index in [0.29, 0.717) is 12.6 Å². The third-order valence-electron chi connectivity index (χ3n) is 3.20. The maximum Gasteiger partial charge on any atom is 0.237 e. The highest BCUT2D eigenvalue weighted by Gasteiger charge is 2.31. The number of amides is 1. The second-order valence-corrected chi connectivity index (χ2v) is 4.09. The Morgan fingerprint density at radius 3 is 2.87 bits per heavy atom. The predicted octanol–water partition coefficient (Wildman–Crippen LogP) is 0.324. The molecule has 2 unspecified atom stereocenters. The van der Waals surface area contributed by atoms with Gasteiger partial charge in [0.2, 0.25) is 5.91 Å². The fourth-order valence-corrected chi connectivity index (χ4v) is 2.39. The van der Waals surface area contributed by atoms with Crippen LogP contribution in [-0.4, -0.2) is 42.5 Å². The van der Waals surface area contributed by atoms with E-state index in [4.69, 9.17) is 5.73 Å². The summed E-state index contributed by atoms with van der Waals surface area (Å²) < 4.78 is 0. The van der Waals surface area contributed by atoms with E-state index in [1.807, 2.05) is 0 Å². The van der Waals surface area contributed by atoms with Crippen molar-refractivity contribution in [2.45, 2.75) is 45.2 Å². The molecule has 2 atom stereocenters. The molecule has 0 saturated carbocycles. The van der Waals surface area contributed by atoms with Crippen LogP contribution in [0.4, 0.5) is 0 Å². The van der Waals surface area contributed by atoms with Crippen LogP contribution in [0.3, 0.4) is 0 Å². The highest BCUT2D eigenvalue weighted by molar-refractivity contribution is 5.82. The number of carbonyl (C=O) groups excluding carboxylic acids is 1. The van der Waals surface area contributed by atoms with Crippen molar-refractivity contribution < 1.29 is 4.79 Å². The zero-order valence-electron chi connectivity index (χ0n) is 9.83. The van der Waals surface area contributed by atoms with E-state index in [-0.39, 0.29) is 11.9 Å². The van der Waals surface area contributed by atoms with E-state index in [1.165, 1.54) is 0 Å². The van der Waals surface area contributed by atoms with Crippen molar-refractivity contribution in [1.29, 1.82) is 0 Å². The van der Waals surface area contributed by atoms with Gasteiger partial charge in [0.25, 0.3) is 0 Å². The molecule has 1 heterocycles. The largest absolute Gasteiger partial charge is 0.353 e. The summed E-state index contributed by atoms with van der Waals surface area (Å²) in [6, 6.07) is 0.515. The molecular weight excluding hydrogens is 190 g/mol. The van der Waals surface area contributed by atoms with Gasteiger partial charge in [0.15, 0.2) is 0 Å². The molecule has 0 bridgehead atoms. The molecule has 1 fully saturated rings. The van der Waals surface area contributed by atoms with Crippen LogP contribution >= 0.6 is 0 Å². The molecular formula is C11H23N3O. The second-order valence-electron chi connectivity index (χ2n) is 4.09. The van der Waals surface area contributed by atoms with Crippen molar-refractivity contribution in [2.75, 3.05) is 19.6 Å². The van der Waals surface area contributed by atoms with Gasteiger partial charge in [-0.25, -0.2) is 0 Å². The van der Waals surface area contributed by atoms with E-state index in [1.54, 1.807) is 0 Å². The monoisotopic (exact) mass is 213 g/mol. The first kappa shape index (κ1) is 12.5. The standard InChI is InChI=1S/C11H23N3O/c1-3-9(5-6-12)14-8-7-13-11(15)10(14)4-2/h9-10H,3-8,12H2,1-2H3,(H,13,15). The summed E-state index contributed by atoms with van der Waals surface area (Å²) in [5.74, 6) is 0.180. The van der Waals surface area contributed by atoms with Crippen molar-refractivity contribution in [2.24, 2.45) is 5.73 Å².